The third kappa shape index (κ3) is 6.03. The van der Waals surface area contributed by atoms with Crippen molar-refractivity contribution in [3.8, 4) is 11.5 Å². The van der Waals surface area contributed by atoms with Gasteiger partial charge in [-0.3, -0.25) is 9.59 Å². The molecule has 2 aliphatic rings. The van der Waals surface area contributed by atoms with E-state index in [1.54, 1.807) is 20.4 Å². The number of hydrogen-bond donors (Lipinski definition) is 1. The molecule has 2 fully saturated rings. The molecule has 1 N–H and O–H groups in total. The van der Waals surface area contributed by atoms with Crippen molar-refractivity contribution in [1.29, 1.82) is 0 Å². The molecule has 9 heteroatoms. The molecule has 2 heterocycles. The molecule has 1 amide bonds. The molecule has 0 radical (unpaired) electrons. The second-order valence-corrected chi connectivity index (χ2v) is 8.85. The van der Waals surface area contributed by atoms with E-state index in [9.17, 15) is 9.59 Å². The van der Waals surface area contributed by atoms with Crippen LogP contribution in [-0.2, 0) is 14.3 Å². The monoisotopic (exact) mass is 483 g/mol. The molecule has 2 aromatic rings. The summed E-state index contributed by atoms with van der Waals surface area (Å²) in [5, 5.41) is 3.20. The summed E-state index contributed by atoms with van der Waals surface area (Å²) in [5.41, 5.74) is 1.50. The summed E-state index contributed by atoms with van der Waals surface area (Å²) >= 11 is 0. The van der Waals surface area contributed by atoms with Crippen LogP contribution in [0.3, 0.4) is 0 Å². The molecule has 1 aromatic carbocycles. The number of hydrogen-bond acceptors (Lipinski definition) is 8. The van der Waals surface area contributed by atoms with Crippen LogP contribution < -0.4 is 19.7 Å². The summed E-state index contributed by atoms with van der Waals surface area (Å²) in [7, 11) is 3.19. The fraction of sp³-hybridized carbons (Fsp3) is 0.500. The number of morpholine rings is 1. The zero-order valence-electron chi connectivity index (χ0n) is 20.5. The minimum Gasteiger partial charge on any atom is -0.493 e. The number of esters is 1. The van der Waals surface area contributed by atoms with E-state index in [1.807, 2.05) is 30.3 Å². The molecule has 1 aliphatic heterocycles. The number of nitrogens with one attached hydrogen (secondary N) is 1. The molecule has 3 unspecified atom stereocenters. The number of carbonyl (C=O) groups excluding carboxylic acids is 2. The average molecular weight is 484 g/mol. The van der Waals surface area contributed by atoms with Gasteiger partial charge in [0.2, 0.25) is 0 Å². The highest BCUT2D eigenvalue weighted by atomic mass is 16.5. The zero-order chi connectivity index (χ0) is 24.8. The first-order valence-electron chi connectivity index (χ1n) is 12.0. The van der Waals surface area contributed by atoms with Crippen molar-refractivity contribution in [3.63, 3.8) is 0 Å². The van der Waals surface area contributed by atoms with Crippen LogP contribution in [-0.4, -0.2) is 69.5 Å². The van der Waals surface area contributed by atoms with Crippen molar-refractivity contribution in [2.45, 2.75) is 44.2 Å². The second kappa shape index (κ2) is 11.4. The van der Waals surface area contributed by atoms with Crippen molar-refractivity contribution in [2.75, 3.05) is 45.4 Å². The van der Waals surface area contributed by atoms with Gasteiger partial charge in [0.15, 0.2) is 11.5 Å². The first-order valence-corrected chi connectivity index (χ1v) is 12.0. The minimum atomic E-state index is -0.296. The Morgan fingerprint density at radius 3 is 2.49 bits per heavy atom. The number of rotatable bonds is 7. The third-order valence-corrected chi connectivity index (χ3v) is 6.63. The van der Waals surface area contributed by atoms with E-state index >= 15 is 0 Å². The van der Waals surface area contributed by atoms with Crippen LogP contribution in [0.2, 0.25) is 0 Å². The maximum absolute atomic E-state index is 13.1. The number of aromatic nitrogens is 1. The topological polar surface area (TPSA) is 99.2 Å². The van der Waals surface area contributed by atoms with Gasteiger partial charge >= 0.3 is 5.97 Å². The number of methoxy groups -OCH3 is 2. The molecule has 9 nitrogen and oxygen atoms in total. The lowest BCUT2D eigenvalue weighted by molar-refractivity contribution is -0.148. The van der Waals surface area contributed by atoms with Crippen LogP contribution in [0.5, 0.6) is 11.5 Å². The molecule has 35 heavy (non-hydrogen) atoms. The Kier molecular flexibility index (Phi) is 8.07. The molecule has 3 atom stereocenters. The van der Waals surface area contributed by atoms with Gasteiger partial charge in [-0.25, -0.2) is 4.98 Å². The lowest BCUT2D eigenvalue weighted by Crippen LogP contribution is -2.44. The highest BCUT2D eigenvalue weighted by Crippen LogP contribution is 2.38. The number of pyridine rings is 1. The number of amides is 1. The Morgan fingerprint density at radius 2 is 1.83 bits per heavy atom. The Labute approximate surface area is 205 Å². The zero-order valence-corrected chi connectivity index (χ0v) is 20.5. The van der Waals surface area contributed by atoms with Gasteiger partial charge in [-0.15, -0.1) is 0 Å². The summed E-state index contributed by atoms with van der Waals surface area (Å²) in [6, 6.07) is 9.31. The largest absolute Gasteiger partial charge is 0.493 e. The molecule has 4 rings (SSSR count). The third-order valence-electron chi connectivity index (χ3n) is 6.63. The Hall–Kier alpha value is -3.33. The lowest BCUT2D eigenvalue weighted by Gasteiger charge is -2.36. The smallest absolute Gasteiger partial charge is 0.302 e. The standard InChI is InChI=1S/C26H33N3O6/c1-17(30)35-20-6-7-22(21(15-20)18-4-8-23(32-2)24(14-18)33-3)28-26(31)19-5-9-25(27-16-19)29-10-12-34-13-11-29/h4-5,8-9,14,16,20-22H,6-7,10-13,15H2,1-3H3,(H,28,31). The first kappa shape index (κ1) is 24.8. The van der Waals surface area contributed by atoms with E-state index in [4.69, 9.17) is 18.9 Å². The van der Waals surface area contributed by atoms with Crippen LogP contribution >= 0.6 is 0 Å². The van der Waals surface area contributed by atoms with Gasteiger partial charge in [0.25, 0.3) is 5.91 Å². The van der Waals surface area contributed by atoms with Crippen LogP contribution in [0.15, 0.2) is 36.5 Å². The predicted octanol–water partition coefficient (Wildman–Crippen LogP) is 2.93. The van der Waals surface area contributed by atoms with Crippen LogP contribution in [0, 0.1) is 0 Å². The molecule has 0 bridgehead atoms. The molecular formula is C26H33N3O6. The van der Waals surface area contributed by atoms with Crippen LogP contribution in [0.25, 0.3) is 0 Å². The van der Waals surface area contributed by atoms with Gasteiger partial charge in [-0.1, -0.05) is 6.07 Å². The number of carbonyl (C=O) groups is 2. The van der Waals surface area contributed by atoms with E-state index in [-0.39, 0.29) is 29.9 Å². The molecule has 1 saturated heterocycles. The SMILES string of the molecule is COc1ccc(C2CC(OC(C)=O)CCC2NC(=O)c2ccc(N3CCOCC3)nc2)cc1OC. The summed E-state index contributed by atoms with van der Waals surface area (Å²) in [4.78, 5) is 31.4. The summed E-state index contributed by atoms with van der Waals surface area (Å²) in [5.74, 6) is 1.57. The van der Waals surface area contributed by atoms with Crippen molar-refractivity contribution < 1.29 is 28.5 Å². The number of ether oxygens (including phenoxy) is 4. The fourth-order valence-electron chi connectivity index (χ4n) is 4.85. The van der Waals surface area contributed by atoms with Crippen LogP contribution in [0.4, 0.5) is 5.82 Å². The highest BCUT2D eigenvalue weighted by Gasteiger charge is 2.34. The predicted molar refractivity (Wildman–Crippen MR) is 130 cm³/mol. The van der Waals surface area contributed by atoms with Gasteiger partial charge in [-0.2, -0.15) is 0 Å². The number of benzene rings is 1. The van der Waals surface area contributed by atoms with Crippen LogP contribution in [0.1, 0.15) is 48.0 Å². The Bertz CT molecular complexity index is 1020. The highest BCUT2D eigenvalue weighted by molar-refractivity contribution is 5.94. The van der Waals surface area contributed by atoms with Gasteiger partial charge in [-0.05, 0) is 49.1 Å². The second-order valence-electron chi connectivity index (χ2n) is 8.85. The Morgan fingerprint density at radius 1 is 1.06 bits per heavy atom. The maximum Gasteiger partial charge on any atom is 0.302 e. The molecular weight excluding hydrogens is 450 g/mol. The molecule has 1 aliphatic carbocycles. The quantitative estimate of drug-likeness (QED) is 0.600. The number of nitrogens with zero attached hydrogens (tertiary/aromatic N) is 2. The summed E-state index contributed by atoms with van der Waals surface area (Å²) < 4.78 is 21.8. The van der Waals surface area contributed by atoms with E-state index in [2.05, 4.69) is 15.2 Å². The van der Waals surface area contributed by atoms with Crippen molar-refractivity contribution in [2.24, 2.45) is 0 Å². The molecule has 1 aromatic heterocycles. The van der Waals surface area contributed by atoms with Gasteiger partial charge in [0.1, 0.15) is 11.9 Å². The van der Waals surface area contributed by atoms with E-state index < -0.39 is 0 Å². The fourth-order valence-corrected chi connectivity index (χ4v) is 4.85. The minimum absolute atomic E-state index is 0.0579. The van der Waals surface area contributed by atoms with E-state index in [0.29, 0.717) is 49.5 Å². The van der Waals surface area contributed by atoms with Crippen molar-refractivity contribution >= 4 is 17.7 Å². The number of anilines is 1. The lowest BCUT2D eigenvalue weighted by atomic mass is 9.78. The van der Waals surface area contributed by atoms with E-state index in [0.717, 1.165) is 24.5 Å². The maximum atomic E-state index is 13.1. The summed E-state index contributed by atoms with van der Waals surface area (Å²) in [6.45, 7) is 4.36. The summed E-state index contributed by atoms with van der Waals surface area (Å²) in [6.07, 6.45) is 3.39. The normalized spacial score (nSPS) is 22.3. The van der Waals surface area contributed by atoms with Gasteiger partial charge in [0, 0.05) is 38.2 Å². The first-order chi connectivity index (χ1) is 17.0. The van der Waals surface area contributed by atoms with Crippen molar-refractivity contribution in [3.05, 3.63) is 47.7 Å². The van der Waals surface area contributed by atoms with Crippen molar-refractivity contribution in [1.82, 2.24) is 10.3 Å². The molecule has 1 saturated carbocycles. The van der Waals surface area contributed by atoms with Gasteiger partial charge < -0.3 is 29.2 Å². The van der Waals surface area contributed by atoms with Gasteiger partial charge in [0.05, 0.1) is 33.0 Å². The molecule has 188 valence electrons. The Balaban J connectivity index is 1.51. The van der Waals surface area contributed by atoms with E-state index in [1.165, 1.54) is 6.92 Å². The molecule has 0 spiro atoms. The average Bonchev–Trinajstić information content (AvgIpc) is 2.89.